The lowest BCUT2D eigenvalue weighted by Crippen LogP contribution is -2.32. The predicted molar refractivity (Wildman–Crippen MR) is 109 cm³/mol. The molecule has 0 saturated heterocycles. The van der Waals surface area contributed by atoms with Crippen molar-refractivity contribution in [2.75, 3.05) is 0 Å². The first kappa shape index (κ1) is 21.0. The number of hydrogen-bond donors (Lipinski definition) is 1. The van der Waals surface area contributed by atoms with Crippen molar-refractivity contribution in [3.63, 3.8) is 0 Å². The molecular formula is C21H21FN4O4. The van der Waals surface area contributed by atoms with Crippen LogP contribution in [0.25, 0.3) is 5.69 Å². The quantitative estimate of drug-likeness (QED) is 0.453. The monoisotopic (exact) mass is 412 g/mol. The molecule has 0 unspecified atom stereocenters. The Morgan fingerprint density at radius 1 is 1.30 bits per heavy atom. The highest BCUT2D eigenvalue weighted by molar-refractivity contribution is 5.94. The topological polar surface area (TPSA) is 99.3 Å². The number of carbonyl (C=O) groups is 1. The van der Waals surface area contributed by atoms with E-state index >= 15 is 0 Å². The Morgan fingerprint density at radius 2 is 2.00 bits per heavy atom. The fraction of sp³-hybridized carbons (Fsp3) is 0.238. The molecule has 1 amide bonds. The van der Waals surface area contributed by atoms with Gasteiger partial charge in [0.2, 0.25) is 5.88 Å². The average molecular weight is 412 g/mol. The van der Waals surface area contributed by atoms with E-state index in [0.717, 1.165) is 18.6 Å². The van der Waals surface area contributed by atoms with Crippen LogP contribution in [-0.2, 0) is 0 Å². The van der Waals surface area contributed by atoms with Crippen LogP contribution in [0.2, 0.25) is 0 Å². The van der Waals surface area contributed by atoms with Gasteiger partial charge in [0, 0.05) is 17.7 Å². The Labute approximate surface area is 172 Å². The van der Waals surface area contributed by atoms with Gasteiger partial charge in [0.25, 0.3) is 11.6 Å². The highest BCUT2D eigenvalue weighted by atomic mass is 19.1. The largest absolute Gasteiger partial charge is 0.436 e. The van der Waals surface area contributed by atoms with E-state index < -0.39 is 10.7 Å². The van der Waals surface area contributed by atoms with E-state index in [-0.39, 0.29) is 35.0 Å². The van der Waals surface area contributed by atoms with Gasteiger partial charge in [0.1, 0.15) is 0 Å². The Bertz CT molecular complexity index is 1080. The molecule has 1 atom stereocenters. The number of carbonyl (C=O) groups excluding carboxylic acids is 1. The van der Waals surface area contributed by atoms with Crippen molar-refractivity contribution in [1.82, 2.24) is 15.1 Å². The minimum atomic E-state index is -0.894. The number of halogens is 1. The van der Waals surface area contributed by atoms with E-state index in [1.54, 1.807) is 31.2 Å². The number of rotatable bonds is 7. The molecule has 1 N–H and O–H groups in total. The maximum atomic E-state index is 14.4. The van der Waals surface area contributed by atoms with Crippen LogP contribution in [0.3, 0.4) is 0 Å². The van der Waals surface area contributed by atoms with Crippen LogP contribution in [0.4, 0.5) is 10.1 Å². The number of amides is 1. The second-order valence-electron chi connectivity index (χ2n) is 6.78. The number of nitro groups is 1. The van der Waals surface area contributed by atoms with Gasteiger partial charge in [0.05, 0.1) is 16.7 Å². The molecule has 3 rings (SSSR count). The van der Waals surface area contributed by atoms with Crippen LogP contribution >= 0.6 is 0 Å². The van der Waals surface area contributed by atoms with Crippen molar-refractivity contribution >= 4 is 11.6 Å². The lowest BCUT2D eigenvalue weighted by molar-refractivity contribution is -0.385. The minimum absolute atomic E-state index is 0.0461. The smallest absolute Gasteiger partial charge is 0.272 e. The second-order valence-corrected chi connectivity index (χ2v) is 6.78. The number of para-hydroxylation sites is 1. The standard InChI is InChI=1S/C21H21FN4O4/c1-4-13(2)23-20(27)19-14(3)21(25(24-19)15-8-6-5-7-9-15)30-18-11-10-16(26(28)29)12-17(18)22/h5-13H,4H2,1-3H3,(H,23,27)/t13-/m0/s1. The second kappa shape index (κ2) is 8.73. The molecule has 156 valence electrons. The molecule has 30 heavy (non-hydrogen) atoms. The molecule has 9 heteroatoms. The van der Waals surface area contributed by atoms with Gasteiger partial charge in [-0.25, -0.2) is 4.39 Å². The Balaban J connectivity index is 2.06. The van der Waals surface area contributed by atoms with Crippen LogP contribution in [0.1, 0.15) is 36.3 Å². The van der Waals surface area contributed by atoms with Crippen LogP contribution in [0.15, 0.2) is 48.5 Å². The number of nitro benzene ring substituents is 1. The molecule has 1 aromatic heterocycles. The normalized spacial score (nSPS) is 11.7. The molecule has 3 aromatic rings. The Hall–Kier alpha value is -3.75. The number of nitrogens with zero attached hydrogens (tertiary/aromatic N) is 3. The predicted octanol–water partition coefficient (Wildman–Crippen LogP) is 4.55. The summed E-state index contributed by atoms with van der Waals surface area (Å²) in [6.45, 7) is 5.48. The molecule has 8 nitrogen and oxygen atoms in total. The fourth-order valence-corrected chi connectivity index (χ4v) is 2.74. The van der Waals surface area contributed by atoms with Gasteiger partial charge in [0.15, 0.2) is 17.3 Å². The van der Waals surface area contributed by atoms with Crippen LogP contribution < -0.4 is 10.1 Å². The first-order chi connectivity index (χ1) is 14.3. The summed E-state index contributed by atoms with van der Waals surface area (Å²) >= 11 is 0. The highest BCUT2D eigenvalue weighted by Gasteiger charge is 2.24. The molecule has 0 fully saturated rings. The fourth-order valence-electron chi connectivity index (χ4n) is 2.74. The zero-order valence-electron chi connectivity index (χ0n) is 16.8. The van der Waals surface area contributed by atoms with Gasteiger partial charge in [-0.1, -0.05) is 25.1 Å². The zero-order chi connectivity index (χ0) is 21.8. The van der Waals surface area contributed by atoms with E-state index in [9.17, 15) is 19.3 Å². The van der Waals surface area contributed by atoms with Gasteiger partial charge in [-0.05, 0) is 38.5 Å². The SMILES string of the molecule is CC[C@H](C)NC(=O)c1nn(-c2ccccc2)c(Oc2ccc([N+](=O)[O-])cc2F)c1C. The number of nitrogens with one attached hydrogen (secondary N) is 1. The Kier molecular flexibility index (Phi) is 6.10. The number of aromatic nitrogens is 2. The number of hydrogen-bond acceptors (Lipinski definition) is 5. The van der Waals surface area contributed by atoms with Gasteiger partial charge < -0.3 is 10.1 Å². The maximum Gasteiger partial charge on any atom is 0.272 e. The third-order valence-electron chi connectivity index (χ3n) is 4.61. The van der Waals surface area contributed by atoms with E-state index in [2.05, 4.69) is 10.4 Å². The minimum Gasteiger partial charge on any atom is -0.436 e. The number of ether oxygens (including phenoxy) is 1. The molecule has 0 aliphatic rings. The van der Waals surface area contributed by atoms with E-state index in [1.807, 2.05) is 19.9 Å². The maximum absolute atomic E-state index is 14.4. The first-order valence-corrected chi connectivity index (χ1v) is 9.39. The molecule has 2 aromatic carbocycles. The lowest BCUT2D eigenvalue weighted by atomic mass is 10.2. The van der Waals surface area contributed by atoms with Crippen molar-refractivity contribution in [3.8, 4) is 17.3 Å². The summed E-state index contributed by atoms with van der Waals surface area (Å²) in [5.41, 5.74) is 0.788. The summed E-state index contributed by atoms with van der Waals surface area (Å²) in [5.74, 6) is -1.33. The molecule has 1 heterocycles. The Morgan fingerprint density at radius 3 is 2.60 bits per heavy atom. The molecule has 0 radical (unpaired) electrons. The first-order valence-electron chi connectivity index (χ1n) is 9.39. The molecule has 0 spiro atoms. The third-order valence-corrected chi connectivity index (χ3v) is 4.61. The van der Waals surface area contributed by atoms with Gasteiger partial charge >= 0.3 is 0 Å². The summed E-state index contributed by atoms with van der Waals surface area (Å²) in [7, 11) is 0. The average Bonchev–Trinajstić information content (AvgIpc) is 3.06. The van der Waals surface area contributed by atoms with E-state index in [4.69, 9.17) is 4.74 Å². The molecular weight excluding hydrogens is 391 g/mol. The summed E-state index contributed by atoms with van der Waals surface area (Å²) in [4.78, 5) is 22.8. The number of benzene rings is 2. The van der Waals surface area contributed by atoms with Crippen LogP contribution in [-0.4, -0.2) is 26.7 Å². The summed E-state index contributed by atoms with van der Waals surface area (Å²) in [6.07, 6.45) is 0.752. The van der Waals surface area contributed by atoms with Crippen molar-refractivity contribution < 1.29 is 18.8 Å². The molecule has 0 aliphatic carbocycles. The van der Waals surface area contributed by atoms with Gasteiger partial charge in [-0.2, -0.15) is 9.78 Å². The van der Waals surface area contributed by atoms with E-state index in [0.29, 0.717) is 11.3 Å². The molecule has 0 aliphatic heterocycles. The van der Waals surface area contributed by atoms with Crippen molar-refractivity contribution in [2.45, 2.75) is 33.2 Å². The van der Waals surface area contributed by atoms with Crippen molar-refractivity contribution in [2.24, 2.45) is 0 Å². The molecule has 0 saturated carbocycles. The van der Waals surface area contributed by atoms with Crippen molar-refractivity contribution in [1.29, 1.82) is 0 Å². The van der Waals surface area contributed by atoms with Crippen LogP contribution in [0, 0.1) is 22.9 Å². The third kappa shape index (κ3) is 4.29. The molecule has 0 bridgehead atoms. The van der Waals surface area contributed by atoms with Crippen molar-refractivity contribution in [3.05, 3.63) is 75.7 Å². The lowest BCUT2D eigenvalue weighted by Gasteiger charge is -2.10. The van der Waals surface area contributed by atoms with Crippen LogP contribution in [0.5, 0.6) is 11.6 Å². The summed E-state index contributed by atoms with van der Waals surface area (Å²) < 4.78 is 21.6. The number of non-ortho nitro benzene ring substituents is 1. The highest BCUT2D eigenvalue weighted by Crippen LogP contribution is 2.32. The summed E-state index contributed by atoms with van der Waals surface area (Å²) in [5, 5.41) is 18.1. The van der Waals surface area contributed by atoms with Gasteiger partial charge in [-0.15, -0.1) is 0 Å². The van der Waals surface area contributed by atoms with Gasteiger partial charge in [-0.3, -0.25) is 14.9 Å². The van der Waals surface area contributed by atoms with E-state index in [1.165, 1.54) is 10.7 Å². The summed E-state index contributed by atoms with van der Waals surface area (Å²) in [6, 6.07) is 12.0. The zero-order valence-corrected chi connectivity index (χ0v) is 16.8.